The number of carbonyl (C=O) groups excluding carboxylic acids is 1. The number of nitrogens with zero attached hydrogens (tertiary/aromatic N) is 1. The van der Waals surface area contributed by atoms with Crippen molar-refractivity contribution in [2.24, 2.45) is 11.8 Å². The fraction of sp³-hybridized carbons (Fsp3) is 0.529. The van der Waals surface area contributed by atoms with Crippen LogP contribution in [-0.4, -0.2) is 35.0 Å². The zero-order valence-electron chi connectivity index (χ0n) is 12.1. The van der Waals surface area contributed by atoms with E-state index in [1.807, 2.05) is 23.1 Å². The second-order valence-corrected chi connectivity index (χ2v) is 6.16. The smallest absolute Gasteiger partial charge is 0.307 e. The van der Waals surface area contributed by atoms with Crippen molar-refractivity contribution in [1.82, 2.24) is 4.90 Å². The summed E-state index contributed by atoms with van der Waals surface area (Å²) in [5.41, 5.74) is 1.27. The number of amides is 1. The van der Waals surface area contributed by atoms with Gasteiger partial charge in [-0.1, -0.05) is 36.8 Å². The predicted octanol–water partition coefficient (Wildman–Crippen LogP) is 2.50. The molecule has 1 aromatic carbocycles. The summed E-state index contributed by atoms with van der Waals surface area (Å²) in [7, 11) is 0. The molecule has 1 saturated heterocycles. The molecule has 1 heterocycles. The SMILES string of the molecule is O=C(O)C1CCCC1C(=O)N1CCC(c2ccccc2)C1. The first-order valence-corrected chi connectivity index (χ1v) is 7.73. The second kappa shape index (κ2) is 5.88. The summed E-state index contributed by atoms with van der Waals surface area (Å²) in [5, 5.41) is 9.23. The number of likely N-dealkylation sites (tertiary alicyclic amines) is 1. The van der Waals surface area contributed by atoms with E-state index in [0.717, 1.165) is 32.4 Å². The molecule has 2 fully saturated rings. The Morgan fingerprint density at radius 2 is 1.76 bits per heavy atom. The van der Waals surface area contributed by atoms with Gasteiger partial charge < -0.3 is 10.0 Å². The van der Waals surface area contributed by atoms with Gasteiger partial charge in [-0.05, 0) is 24.8 Å². The minimum Gasteiger partial charge on any atom is -0.481 e. The van der Waals surface area contributed by atoms with E-state index in [4.69, 9.17) is 0 Å². The van der Waals surface area contributed by atoms with E-state index in [1.165, 1.54) is 5.56 Å². The molecule has 0 bridgehead atoms. The van der Waals surface area contributed by atoms with Crippen LogP contribution in [0.2, 0.25) is 0 Å². The van der Waals surface area contributed by atoms with E-state index in [2.05, 4.69) is 12.1 Å². The monoisotopic (exact) mass is 287 g/mol. The topological polar surface area (TPSA) is 57.6 Å². The van der Waals surface area contributed by atoms with E-state index in [-0.39, 0.29) is 11.8 Å². The van der Waals surface area contributed by atoms with Crippen LogP contribution in [0.25, 0.3) is 0 Å². The number of carboxylic acids is 1. The molecule has 1 saturated carbocycles. The van der Waals surface area contributed by atoms with Crippen LogP contribution in [0.5, 0.6) is 0 Å². The van der Waals surface area contributed by atoms with Crippen molar-refractivity contribution in [2.75, 3.05) is 13.1 Å². The maximum absolute atomic E-state index is 12.6. The minimum absolute atomic E-state index is 0.0540. The van der Waals surface area contributed by atoms with Crippen molar-refractivity contribution in [3.63, 3.8) is 0 Å². The Bertz CT molecular complexity index is 528. The number of aliphatic carboxylic acids is 1. The molecule has 1 aliphatic carbocycles. The number of rotatable bonds is 3. The second-order valence-electron chi connectivity index (χ2n) is 6.16. The van der Waals surface area contributed by atoms with E-state index < -0.39 is 11.9 Å². The molecule has 1 N–H and O–H groups in total. The van der Waals surface area contributed by atoms with Crippen molar-refractivity contribution in [3.8, 4) is 0 Å². The third-order valence-electron chi connectivity index (χ3n) is 4.92. The molecule has 112 valence electrons. The molecular weight excluding hydrogens is 266 g/mol. The average Bonchev–Trinajstić information content (AvgIpc) is 3.17. The standard InChI is InChI=1S/C17H21NO3/c19-16(14-7-4-8-15(14)17(20)21)18-10-9-13(11-18)12-5-2-1-3-6-12/h1-3,5-6,13-15H,4,7-11H2,(H,20,21). The van der Waals surface area contributed by atoms with Crippen LogP contribution in [0.1, 0.15) is 37.2 Å². The Balaban J connectivity index is 1.66. The number of benzene rings is 1. The van der Waals surface area contributed by atoms with Gasteiger partial charge in [0.1, 0.15) is 0 Å². The van der Waals surface area contributed by atoms with Gasteiger partial charge in [0, 0.05) is 19.0 Å². The number of hydrogen-bond donors (Lipinski definition) is 1. The lowest BCUT2D eigenvalue weighted by Gasteiger charge is -2.23. The minimum atomic E-state index is -0.815. The highest BCUT2D eigenvalue weighted by atomic mass is 16.4. The van der Waals surface area contributed by atoms with Gasteiger partial charge in [-0.15, -0.1) is 0 Å². The summed E-state index contributed by atoms with van der Waals surface area (Å²) >= 11 is 0. The molecule has 4 heteroatoms. The molecule has 1 aliphatic heterocycles. The number of carboxylic acid groups (broad SMARTS) is 1. The van der Waals surface area contributed by atoms with Crippen LogP contribution < -0.4 is 0 Å². The van der Waals surface area contributed by atoms with E-state index in [9.17, 15) is 14.7 Å². The van der Waals surface area contributed by atoms with Crippen LogP contribution in [-0.2, 0) is 9.59 Å². The fourth-order valence-corrected chi connectivity index (χ4v) is 3.74. The zero-order chi connectivity index (χ0) is 14.8. The Morgan fingerprint density at radius 3 is 2.48 bits per heavy atom. The van der Waals surface area contributed by atoms with Gasteiger partial charge in [0.2, 0.25) is 5.91 Å². The van der Waals surface area contributed by atoms with Crippen LogP contribution in [0.4, 0.5) is 0 Å². The maximum atomic E-state index is 12.6. The molecule has 0 spiro atoms. The van der Waals surface area contributed by atoms with E-state index >= 15 is 0 Å². The number of carbonyl (C=O) groups is 2. The lowest BCUT2D eigenvalue weighted by Crippen LogP contribution is -2.37. The predicted molar refractivity (Wildman–Crippen MR) is 78.8 cm³/mol. The number of hydrogen-bond acceptors (Lipinski definition) is 2. The van der Waals surface area contributed by atoms with Crippen molar-refractivity contribution in [1.29, 1.82) is 0 Å². The van der Waals surface area contributed by atoms with Crippen molar-refractivity contribution in [2.45, 2.75) is 31.6 Å². The van der Waals surface area contributed by atoms with Gasteiger partial charge in [-0.3, -0.25) is 9.59 Å². The molecule has 1 aromatic rings. The van der Waals surface area contributed by atoms with Gasteiger partial charge in [0.15, 0.2) is 0 Å². The molecule has 3 rings (SSSR count). The molecule has 0 aromatic heterocycles. The molecule has 2 aliphatic rings. The summed E-state index contributed by atoms with van der Waals surface area (Å²) in [6, 6.07) is 10.3. The first-order valence-electron chi connectivity index (χ1n) is 7.73. The Hall–Kier alpha value is -1.84. The fourth-order valence-electron chi connectivity index (χ4n) is 3.74. The first-order chi connectivity index (χ1) is 10.2. The Kier molecular flexibility index (Phi) is 3.95. The molecule has 3 atom stereocenters. The Morgan fingerprint density at radius 1 is 1.05 bits per heavy atom. The molecular formula is C17H21NO3. The highest BCUT2D eigenvalue weighted by molar-refractivity contribution is 5.85. The van der Waals surface area contributed by atoms with Gasteiger partial charge in [0.05, 0.1) is 11.8 Å². The molecule has 1 amide bonds. The Labute approximate surface area is 124 Å². The molecule has 0 radical (unpaired) electrons. The summed E-state index contributed by atoms with van der Waals surface area (Å²) in [4.78, 5) is 25.7. The molecule has 3 unspecified atom stereocenters. The highest BCUT2D eigenvalue weighted by Crippen LogP contribution is 2.36. The summed E-state index contributed by atoms with van der Waals surface area (Å²) in [6.45, 7) is 1.48. The zero-order valence-corrected chi connectivity index (χ0v) is 12.1. The average molecular weight is 287 g/mol. The summed E-state index contributed by atoms with van der Waals surface area (Å²) in [5.74, 6) is -1.16. The maximum Gasteiger partial charge on any atom is 0.307 e. The van der Waals surface area contributed by atoms with Gasteiger partial charge in [-0.2, -0.15) is 0 Å². The lowest BCUT2D eigenvalue weighted by atomic mass is 9.94. The van der Waals surface area contributed by atoms with Crippen LogP contribution in [0.3, 0.4) is 0 Å². The van der Waals surface area contributed by atoms with Gasteiger partial charge in [0.25, 0.3) is 0 Å². The van der Waals surface area contributed by atoms with Gasteiger partial charge in [-0.25, -0.2) is 0 Å². The summed E-state index contributed by atoms with van der Waals surface area (Å²) in [6.07, 6.45) is 3.19. The van der Waals surface area contributed by atoms with Crippen molar-refractivity contribution >= 4 is 11.9 Å². The van der Waals surface area contributed by atoms with Crippen LogP contribution in [0.15, 0.2) is 30.3 Å². The largest absolute Gasteiger partial charge is 0.481 e. The van der Waals surface area contributed by atoms with Gasteiger partial charge >= 0.3 is 5.97 Å². The normalized spacial score (nSPS) is 28.8. The molecule has 4 nitrogen and oxygen atoms in total. The van der Waals surface area contributed by atoms with E-state index in [1.54, 1.807) is 0 Å². The van der Waals surface area contributed by atoms with Crippen LogP contribution >= 0.6 is 0 Å². The third-order valence-corrected chi connectivity index (χ3v) is 4.92. The quantitative estimate of drug-likeness (QED) is 0.929. The third kappa shape index (κ3) is 2.80. The highest BCUT2D eigenvalue weighted by Gasteiger charge is 2.41. The summed E-state index contributed by atoms with van der Waals surface area (Å²) < 4.78 is 0. The van der Waals surface area contributed by atoms with Crippen molar-refractivity contribution in [3.05, 3.63) is 35.9 Å². The van der Waals surface area contributed by atoms with Crippen molar-refractivity contribution < 1.29 is 14.7 Å². The molecule has 21 heavy (non-hydrogen) atoms. The van der Waals surface area contributed by atoms with Crippen LogP contribution in [0, 0.1) is 11.8 Å². The first kappa shape index (κ1) is 14.1. The lowest BCUT2D eigenvalue weighted by molar-refractivity contribution is -0.148. The van der Waals surface area contributed by atoms with E-state index in [0.29, 0.717) is 12.3 Å².